The number of benzene rings is 1. The van der Waals surface area contributed by atoms with Crippen molar-refractivity contribution in [2.24, 2.45) is 5.92 Å². The summed E-state index contributed by atoms with van der Waals surface area (Å²) in [7, 11) is 0. The Morgan fingerprint density at radius 1 is 1.24 bits per heavy atom. The molecule has 1 fully saturated rings. The molecule has 5 nitrogen and oxygen atoms in total. The molecule has 3 rings (SSSR count). The summed E-state index contributed by atoms with van der Waals surface area (Å²) in [5.74, 6) is 1.36. The highest BCUT2D eigenvalue weighted by Gasteiger charge is 2.22. The van der Waals surface area contributed by atoms with Crippen LogP contribution in [-0.2, 0) is 0 Å². The van der Waals surface area contributed by atoms with Crippen molar-refractivity contribution in [1.29, 1.82) is 0 Å². The third-order valence-corrected chi connectivity index (χ3v) is 4.83. The summed E-state index contributed by atoms with van der Waals surface area (Å²) in [6.45, 7) is 8.79. The van der Waals surface area contributed by atoms with E-state index in [0.29, 0.717) is 17.4 Å². The van der Waals surface area contributed by atoms with Gasteiger partial charge in [0.15, 0.2) is 0 Å². The van der Waals surface area contributed by atoms with Crippen molar-refractivity contribution in [3.05, 3.63) is 47.8 Å². The fraction of sp³-hybridized carbons (Fsp3) is 0.450. The largest absolute Gasteiger partial charge is 0.339 e. The van der Waals surface area contributed by atoms with E-state index >= 15 is 0 Å². The van der Waals surface area contributed by atoms with Gasteiger partial charge in [0.05, 0.1) is 5.56 Å². The minimum atomic E-state index is 0.0389. The molecule has 0 atom stereocenters. The molecule has 0 saturated carbocycles. The van der Waals surface area contributed by atoms with Crippen molar-refractivity contribution in [2.45, 2.75) is 33.6 Å². The van der Waals surface area contributed by atoms with Gasteiger partial charge in [-0.2, -0.15) is 0 Å². The first-order valence-corrected chi connectivity index (χ1v) is 9.04. The molecule has 0 radical (unpaired) electrons. The van der Waals surface area contributed by atoms with E-state index in [1.807, 2.05) is 21.9 Å². The van der Waals surface area contributed by atoms with Crippen LogP contribution in [0.1, 0.15) is 42.6 Å². The van der Waals surface area contributed by atoms with Gasteiger partial charge in [-0.15, -0.1) is 0 Å². The number of hydrogen-bond acceptors (Lipinski definition) is 4. The van der Waals surface area contributed by atoms with Crippen LogP contribution in [0.5, 0.6) is 0 Å². The quantitative estimate of drug-likeness (QED) is 0.850. The average Bonchev–Trinajstić information content (AvgIpc) is 2.63. The lowest BCUT2D eigenvalue weighted by Gasteiger charge is -2.30. The van der Waals surface area contributed by atoms with Crippen LogP contribution in [0.3, 0.4) is 0 Å². The zero-order valence-electron chi connectivity index (χ0n) is 15.3. The number of amides is 1. The molecular formula is C20H26N4O. The monoisotopic (exact) mass is 338 g/mol. The van der Waals surface area contributed by atoms with E-state index in [9.17, 15) is 4.79 Å². The molecule has 25 heavy (non-hydrogen) atoms. The Bertz CT molecular complexity index is 721. The van der Waals surface area contributed by atoms with Gasteiger partial charge in [0.25, 0.3) is 5.91 Å². The summed E-state index contributed by atoms with van der Waals surface area (Å²) < 4.78 is 0. The Labute approximate surface area is 149 Å². The Balaban J connectivity index is 1.76. The van der Waals surface area contributed by atoms with E-state index in [0.717, 1.165) is 38.2 Å². The molecule has 1 aliphatic rings. The summed E-state index contributed by atoms with van der Waals surface area (Å²) in [4.78, 5) is 25.5. The third kappa shape index (κ3) is 3.98. The minimum Gasteiger partial charge on any atom is -0.339 e. The lowest BCUT2D eigenvalue weighted by Crippen LogP contribution is -2.38. The first-order chi connectivity index (χ1) is 12.1. The molecule has 0 N–H and O–H groups in total. The normalized spacial score (nSPS) is 15.2. The van der Waals surface area contributed by atoms with Gasteiger partial charge in [0, 0.05) is 37.7 Å². The van der Waals surface area contributed by atoms with Gasteiger partial charge in [0.1, 0.15) is 0 Å². The van der Waals surface area contributed by atoms with Crippen molar-refractivity contribution >= 4 is 17.5 Å². The molecule has 1 aromatic carbocycles. The van der Waals surface area contributed by atoms with Gasteiger partial charge in [-0.05, 0) is 50.3 Å². The van der Waals surface area contributed by atoms with Crippen molar-refractivity contribution in [1.82, 2.24) is 14.9 Å². The zero-order valence-corrected chi connectivity index (χ0v) is 15.3. The Kier molecular flexibility index (Phi) is 5.31. The Morgan fingerprint density at radius 3 is 2.52 bits per heavy atom. The van der Waals surface area contributed by atoms with Gasteiger partial charge in [-0.3, -0.25) is 4.79 Å². The molecule has 0 unspecified atom stereocenters. The molecule has 5 heteroatoms. The summed E-state index contributed by atoms with van der Waals surface area (Å²) in [6, 6.07) is 8.26. The van der Waals surface area contributed by atoms with E-state index in [1.165, 1.54) is 5.56 Å². The lowest BCUT2D eigenvalue weighted by molar-refractivity contribution is 0.0696. The highest BCUT2D eigenvalue weighted by molar-refractivity contribution is 5.93. The Hall–Kier alpha value is -2.43. The maximum Gasteiger partial charge on any atom is 0.256 e. The van der Waals surface area contributed by atoms with Crippen LogP contribution < -0.4 is 4.90 Å². The number of likely N-dealkylation sites (tertiary alicyclic amines) is 1. The van der Waals surface area contributed by atoms with Crippen LogP contribution in [-0.4, -0.2) is 40.4 Å². The molecular weight excluding hydrogens is 312 g/mol. The molecule has 0 aliphatic carbocycles. The van der Waals surface area contributed by atoms with Gasteiger partial charge >= 0.3 is 0 Å². The van der Waals surface area contributed by atoms with Crippen molar-refractivity contribution in [2.75, 3.05) is 24.5 Å². The summed E-state index contributed by atoms with van der Waals surface area (Å²) in [5, 5.41) is 0. The SMILES string of the molecule is CCN(c1cccc(C)c1)c1ncc(C(=O)N2CCC(C)CC2)cn1. The second-order valence-electron chi connectivity index (χ2n) is 6.83. The summed E-state index contributed by atoms with van der Waals surface area (Å²) >= 11 is 0. The van der Waals surface area contributed by atoms with Crippen molar-refractivity contribution < 1.29 is 4.79 Å². The lowest BCUT2D eigenvalue weighted by atomic mass is 9.99. The molecule has 2 heterocycles. The van der Waals surface area contributed by atoms with Crippen LogP contribution in [0.15, 0.2) is 36.7 Å². The van der Waals surface area contributed by atoms with Gasteiger partial charge in [0.2, 0.25) is 5.95 Å². The van der Waals surface area contributed by atoms with Crippen molar-refractivity contribution in [3.63, 3.8) is 0 Å². The topological polar surface area (TPSA) is 49.3 Å². The van der Waals surface area contributed by atoms with Crippen molar-refractivity contribution in [3.8, 4) is 0 Å². The molecule has 1 amide bonds. The van der Waals surface area contributed by atoms with Crippen LogP contribution in [0, 0.1) is 12.8 Å². The highest BCUT2D eigenvalue weighted by Crippen LogP contribution is 2.23. The van der Waals surface area contributed by atoms with Gasteiger partial charge in [-0.1, -0.05) is 19.1 Å². The zero-order chi connectivity index (χ0) is 17.8. The smallest absolute Gasteiger partial charge is 0.256 e. The number of hydrogen-bond donors (Lipinski definition) is 0. The van der Waals surface area contributed by atoms with E-state index in [4.69, 9.17) is 0 Å². The van der Waals surface area contributed by atoms with E-state index in [-0.39, 0.29) is 5.91 Å². The number of aryl methyl sites for hydroxylation is 1. The molecule has 0 bridgehead atoms. The number of anilines is 2. The summed E-state index contributed by atoms with van der Waals surface area (Å²) in [5.41, 5.74) is 2.83. The molecule has 1 aromatic heterocycles. The van der Waals surface area contributed by atoms with E-state index in [2.05, 4.69) is 42.9 Å². The van der Waals surface area contributed by atoms with E-state index < -0.39 is 0 Å². The molecule has 2 aromatic rings. The number of carbonyl (C=O) groups is 1. The molecule has 1 saturated heterocycles. The highest BCUT2D eigenvalue weighted by atomic mass is 16.2. The number of nitrogens with zero attached hydrogens (tertiary/aromatic N) is 4. The molecule has 1 aliphatic heterocycles. The fourth-order valence-electron chi connectivity index (χ4n) is 3.20. The first kappa shape index (κ1) is 17.4. The number of aromatic nitrogens is 2. The molecule has 132 valence electrons. The number of piperidine rings is 1. The maximum atomic E-state index is 12.6. The predicted molar refractivity (Wildman–Crippen MR) is 100 cm³/mol. The minimum absolute atomic E-state index is 0.0389. The predicted octanol–water partition coefficient (Wildman–Crippen LogP) is 3.82. The second-order valence-corrected chi connectivity index (χ2v) is 6.83. The molecule has 0 spiro atoms. The van der Waals surface area contributed by atoms with Gasteiger partial charge in [-0.25, -0.2) is 9.97 Å². The number of carbonyl (C=O) groups excluding carboxylic acids is 1. The first-order valence-electron chi connectivity index (χ1n) is 9.04. The van der Waals surface area contributed by atoms with Crippen LogP contribution in [0.4, 0.5) is 11.6 Å². The second kappa shape index (κ2) is 7.64. The Morgan fingerprint density at radius 2 is 1.92 bits per heavy atom. The maximum absolute atomic E-state index is 12.6. The standard InChI is InChI=1S/C20H26N4O/c1-4-24(18-7-5-6-16(3)12-18)20-21-13-17(14-22-20)19(25)23-10-8-15(2)9-11-23/h5-7,12-15H,4,8-11H2,1-3H3. The van der Waals surface area contributed by atoms with Crippen LogP contribution >= 0.6 is 0 Å². The fourth-order valence-corrected chi connectivity index (χ4v) is 3.20. The summed E-state index contributed by atoms with van der Waals surface area (Å²) in [6.07, 6.45) is 5.45. The van der Waals surface area contributed by atoms with Crippen LogP contribution in [0.2, 0.25) is 0 Å². The average molecular weight is 338 g/mol. The van der Waals surface area contributed by atoms with E-state index in [1.54, 1.807) is 12.4 Å². The third-order valence-electron chi connectivity index (χ3n) is 4.83. The number of rotatable bonds is 4. The van der Waals surface area contributed by atoms with Crippen LogP contribution in [0.25, 0.3) is 0 Å². The van der Waals surface area contributed by atoms with Gasteiger partial charge < -0.3 is 9.80 Å².